The number of halogens is 4. The fourth-order valence-electron chi connectivity index (χ4n) is 1.43. The molecular weight excluding hydrogens is 342 g/mol. The number of alkyl halides is 1. The van der Waals surface area contributed by atoms with E-state index in [-0.39, 0.29) is 5.02 Å². The number of benzene rings is 2. The summed E-state index contributed by atoms with van der Waals surface area (Å²) in [6, 6.07) is 9.63. The molecule has 18 heavy (non-hydrogen) atoms. The molecule has 0 spiro atoms. The average molecular weight is 350 g/mol. The molecule has 0 N–H and O–H groups in total. The van der Waals surface area contributed by atoms with E-state index in [0.29, 0.717) is 21.9 Å². The smallest absolute Gasteiger partial charge is 0.150 e. The highest BCUT2D eigenvalue weighted by Gasteiger charge is 2.10. The second kappa shape index (κ2) is 5.91. The summed E-state index contributed by atoms with van der Waals surface area (Å²) < 4.78 is 18.7. The van der Waals surface area contributed by atoms with Gasteiger partial charge in [-0.25, -0.2) is 4.39 Å². The van der Waals surface area contributed by atoms with E-state index in [4.69, 9.17) is 27.9 Å². The first kappa shape index (κ1) is 13.7. The summed E-state index contributed by atoms with van der Waals surface area (Å²) in [7, 11) is 0. The SMILES string of the molecule is Fc1ccc(Oc2c(Cl)cccc2CBr)cc1Cl. The molecule has 0 saturated carbocycles. The van der Waals surface area contributed by atoms with Crippen molar-refractivity contribution in [2.24, 2.45) is 0 Å². The lowest BCUT2D eigenvalue weighted by Crippen LogP contribution is -1.91. The number of rotatable bonds is 3. The highest BCUT2D eigenvalue weighted by molar-refractivity contribution is 9.08. The molecule has 0 aliphatic rings. The Bertz CT molecular complexity index is 575. The van der Waals surface area contributed by atoms with E-state index in [1.807, 2.05) is 12.1 Å². The second-order valence-electron chi connectivity index (χ2n) is 3.54. The summed E-state index contributed by atoms with van der Waals surface area (Å²) >= 11 is 15.1. The van der Waals surface area contributed by atoms with E-state index in [0.717, 1.165) is 5.56 Å². The van der Waals surface area contributed by atoms with Crippen LogP contribution in [0.5, 0.6) is 11.5 Å². The Morgan fingerprint density at radius 1 is 1.11 bits per heavy atom. The van der Waals surface area contributed by atoms with Gasteiger partial charge in [0.1, 0.15) is 17.3 Å². The Balaban J connectivity index is 2.36. The third kappa shape index (κ3) is 2.97. The Morgan fingerprint density at radius 2 is 1.89 bits per heavy atom. The van der Waals surface area contributed by atoms with Crippen LogP contribution in [0.1, 0.15) is 5.56 Å². The summed E-state index contributed by atoms with van der Waals surface area (Å²) in [5.74, 6) is 0.499. The number of hydrogen-bond donors (Lipinski definition) is 0. The number of ether oxygens (including phenoxy) is 1. The molecule has 0 amide bonds. The molecule has 0 radical (unpaired) electrons. The van der Waals surface area contributed by atoms with Crippen LogP contribution in [0.3, 0.4) is 0 Å². The summed E-state index contributed by atoms with van der Waals surface area (Å²) in [4.78, 5) is 0. The minimum Gasteiger partial charge on any atom is -0.455 e. The highest BCUT2D eigenvalue weighted by atomic mass is 79.9. The van der Waals surface area contributed by atoms with Crippen molar-refractivity contribution in [3.8, 4) is 11.5 Å². The molecule has 94 valence electrons. The van der Waals surface area contributed by atoms with Crippen LogP contribution in [0, 0.1) is 5.82 Å². The zero-order valence-corrected chi connectivity index (χ0v) is 12.2. The molecule has 2 aromatic carbocycles. The van der Waals surface area contributed by atoms with Gasteiger partial charge in [-0.2, -0.15) is 0 Å². The molecule has 0 saturated heterocycles. The molecular formula is C13H8BrCl2FO. The van der Waals surface area contributed by atoms with Crippen molar-refractivity contribution in [1.82, 2.24) is 0 Å². The molecule has 0 aliphatic heterocycles. The largest absolute Gasteiger partial charge is 0.455 e. The van der Waals surface area contributed by atoms with Gasteiger partial charge in [-0.1, -0.05) is 51.3 Å². The van der Waals surface area contributed by atoms with Crippen LogP contribution in [0.15, 0.2) is 36.4 Å². The molecule has 0 bridgehead atoms. The molecule has 0 unspecified atom stereocenters. The zero-order valence-electron chi connectivity index (χ0n) is 9.09. The monoisotopic (exact) mass is 348 g/mol. The van der Waals surface area contributed by atoms with Crippen molar-refractivity contribution in [3.63, 3.8) is 0 Å². The number of hydrogen-bond acceptors (Lipinski definition) is 1. The lowest BCUT2D eigenvalue weighted by atomic mass is 10.2. The first-order valence-electron chi connectivity index (χ1n) is 5.08. The van der Waals surface area contributed by atoms with Gasteiger partial charge in [-0.3, -0.25) is 0 Å². The van der Waals surface area contributed by atoms with Gasteiger partial charge in [0.15, 0.2) is 0 Å². The van der Waals surface area contributed by atoms with Gasteiger partial charge < -0.3 is 4.74 Å². The fraction of sp³-hybridized carbons (Fsp3) is 0.0769. The van der Waals surface area contributed by atoms with E-state index in [1.54, 1.807) is 6.07 Å². The Hall–Kier alpha value is -0.770. The van der Waals surface area contributed by atoms with Crippen LogP contribution in [0.2, 0.25) is 10.0 Å². The maximum absolute atomic E-state index is 13.0. The van der Waals surface area contributed by atoms with E-state index in [2.05, 4.69) is 15.9 Å². The molecule has 0 heterocycles. The summed E-state index contributed by atoms with van der Waals surface area (Å²) in [6.45, 7) is 0. The van der Waals surface area contributed by atoms with E-state index >= 15 is 0 Å². The third-order valence-electron chi connectivity index (χ3n) is 2.30. The van der Waals surface area contributed by atoms with Crippen LogP contribution in [0.4, 0.5) is 4.39 Å². The van der Waals surface area contributed by atoms with Gasteiger partial charge in [-0.05, 0) is 18.2 Å². The van der Waals surface area contributed by atoms with Crippen LogP contribution in [-0.2, 0) is 5.33 Å². The van der Waals surface area contributed by atoms with Gasteiger partial charge in [0.25, 0.3) is 0 Å². The van der Waals surface area contributed by atoms with Crippen molar-refractivity contribution in [1.29, 1.82) is 0 Å². The second-order valence-corrected chi connectivity index (χ2v) is 4.91. The predicted octanol–water partition coefficient (Wildman–Crippen LogP) is 5.82. The molecule has 0 aromatic heterocycles. The van der Waals surface area contributed by atoms with Crippen LogP contribution < -0.4 is 4.74 Å². The van der Waals surface area contributed by atoms with Gasteiger partial charge in [-0.15, -0.1) is 0 Å². The van der Waals surface area contributed by atoms with Crippen molar-refractivity contribution in [3.05, 3.63) is 57.8 Å². The Labute approximate surface area is 123 Å². The van der Waals surface area contributed by atoms with Crippen molar-refractivity contribution < 1.29 is 9.13 Å². The molecule has 0 aliphatic carbocycles. The molecule has 2 aromatic rings. The van der Waals surface area contributed by atoms with Gasteiger partial charge >= 0.3 is 0 Å². The van der Waals surface area contributed by atoms with Gasteiger partial charge in [0.2, 0.25) is 0 Å². The molecule has 0 fully saturated rings. The molecule has 0 atom stereocenters. The first-order valence-corrected chi connectivity index (χ1v) is 6.96. The number of para-hydroxylation sites is 1. The minimum atomic E-state index is -0.483. The normalized spacial score (nSPS) is 10.4. The van der Waals surface area contributed by atoms with Gasteiger partial charge in [0, 0.05) is 17.0 Å². The van der Waals surface area contributed by atoms with E-state index in [9.17, 15) is 4.39 Å². The van der Waals surface area contributed by atoms with Crippen LogP contribution in [-0.4, -0.2) is 0 Å². The molecule has 1 nitrogen and oxygen atoms in total. The maximum atomic E-state index is 13.0. The average Bonchev–Trinajstić information content (AvgIpc) is 2.36. The van der Waals surface area contributed by atoms with Crippen molar-refractivity contribution in [2.75, 3.05) is 0 Å². The Kier molecular flexibility index (Phi) is 4.49. The lowest BCUT2D eigenvalue weighted by Gasteiger charge is -2.11. The van der Waals surface area contributed by atoms with E-state index < -0.39 is 5.82 Å². The maximum Gasteiger partial charge on any atom is 0.150 e. The fourth-order valence-corrected chi connectivity index (χ4v) is 2.28. The first-order chi connectivity index (χ1) is 8.61. The van der Waals surface area contributed by atoms with Crippen LogP contribution in [0.25, 0.3) is 0 Å². The highest BCUT2D eigenvalue weighted by Crippen LogP contribution is 2.35. The summed E-state index contributed by atoms with van der Waals surface area (Å²) in [6.07, 6.45) is 0. The van der Waals surface area contributed by atoms with E-state index in [1.165, 1.54) is 18.2 Å². The molecule has 2 rings (SSSR count). The minimum absolute atomic E-state index is 0.0138. The lowest BCUT2D eigenvalue weighted by molar-refractivity contribution is 0.477. The molecule has 5 heteroatoms. The van der Waals surface area contributed by atoms with Crippen molar-refractivity contribution >= 4 is 39.1 Å². The third-order valence-corrected chi connectivity index (χ3v) is 3.49. The quantitative estimate of drug-likeness (QED) is 0.634. The van der Waals surface area contributed by atoms with Gasteiger partial charge in [0.05, 0.1) is 10.0 Å². The topological polar surface area (TPSA) is 9.23 Å². The summed E-state index contributed by atoms with van der Waals surface area (Å²) in [5.41, 5.74) is 0.906. The van der Waals surface area contributed by atoms with Crippen molar-refractivity contribution in [2.45, 2.75) is 5.33 Å². The zero-order chi connectivity index (χ0) is 13.1. The summed E-state index contributed by atoms with van der Waals surface area (Å²) in [5, 5.41) is 1.12. The predicted molar refractivity (Wildman–Crippen MR) is 75.6 cm³/mol. The Morgan fingerprint density at radius 3 is 2.56 bits per heavy atom. The standard InChI is InChI=1S/C13H8BrCl2FO/c14-7-8-2-1-3-10(15)13(8)18-9-4-5-12(17)11(16)6-9/h1-6H,7H2. The van der Waals surface area contributed by atoms with Crippen LogP contribution >= 0.6 is 39.1 Å².